The monoisotopic (exact) mass is 446 g/mol. The first kappa shape index (κ1) is 19.5. The summed E-state index contributed by atoms with van der Waals surface area (Å²) in [7, 11) is 0. The molecule has 2 aromatic heterocycles. The maximum atomic E-state index is 13.7. The zero-order valence-electron chi connectivity index (χ0n) is 16.3. The van der Waals surface area contributed by atoms with Crippen LogP contribution in [-0.4, -0.2) is 22.1 Å². The van der Waals surface area contributed by atoms with E-state index in [9.17, 15) is 9.18 Å². The standard InChI is InChI=1S/C23H15FN4OS2/c1-14-6-8-15(9-7-14)13-25-28(23-27-18-11-10-16(24)12-20(18)31-23)22(29)21-26-17-4-2-3-5-19(17)30-21/h2-13H,1H3/b25-13+. The van der Waals surface area contributed by atoms with Crippen LogP contribution in [0.5, 0.6) is 0 Å². The van der Waals surface area contributed by atoms with Crippen molar-refractivity contribution in [3.63, 3.8) is 0 Å². The number of hydrazone groups is 1. The van der Waals surface area contributed by atoms with E-state index in [4.69, 9.17) is 0 Å². The molecule has 152 valence electrons. The highest BCUT2D eigenvalue weighted by Gasteiger charge is 2.24. The van der Waals surface area contributed by atoms with Gasteiger partial charge in [0.25, 0.3) is 0 Å². The van der Waals surface area contributed by atoms with Crippen LogP contribution < -0.4 is 5.01 Å². The largest absolute Gasteiger partial charge is 0.309 e. The van der Waals surface area contributed by atoms with Gasteiger partial charge in [-0.3, -0.25) is 4.79 Å². The molecule has 0 aliphatic rings. The number of para-hydroxylation sites is 1. The molecule has 0 N–H and O–H groups in total. The van der Waals surface area contributed by atoms with E-state index in [0.29, 0.717) is 20.4 Å². The number of benzene rings is 3. The summed E-state index contributed by atoms with van der Waals surface area (Å²) < 4.78 is 15.2. The van der Waals surface area contributed by atoms with Gasteiger partial charge >= 0.3 is 5.91 Å². The van der Waals surface area contributed by atoms with Gasteiger partial charge in [-0.05, 0) is 42.8 Å². The Morgan fingerprint density at radius 2 is 1.74 bits per heavy atom. The Hall–Kier alpha value is -3.49. The van der Waals surface area contributed by atoms with Gasteiger partial charge in [-0.25, -0.2) is 14.4 Å². The van der Waals surface area contributed by atoms with Crippen molar-refractivity contribution in [3.8, 4) is 0 Å². The number of nitrogens with zero attached hydrogens (tertiary/aromatic N) is 4. The lowest BCUT2D eigenvalue weighted by Crippen LogP contribution is -2.25. The molecule has 0 saturated carbocycles. The fourth-order valence-corrected chi connectivity index (χ4v) is 4.83. The highest BCUT2D eigenvalue weighted by molar-refractivity contribution is 7.22. The Balaban J connectivity index is 1.58. The summed E-state index contributed by atoms with van der Waals surface area (Å²) in [6.45, 7) is 2.00. The number of fused-ring (bicyclic) bond motifs is 2. The lowest BCUT2D eigenvalue weighted by atomic mass is 10.2. The predicted molar refractivity (Wildman–Crippen MR) is 125 cm³/mol. The molecule has 5 nitrogen and oxygen atoms in total. The molecule has 0 aliphatic carbocycles. The molecular formula is C23H15FN4OS2. The zero-order chi connectivity index (χ0) is 21.4. The number of aryl methyl sites for hydroxylation is 1. The fraction of sp³-hybridized carbons (Fsp3) is 0.0435. The van der Waals surface area contributed by atoms with Gasteiger partial charge in [0.05, 0.1) is 26.6 Å². The van der Waals surface area contributed by atoms with Crippen molar-refractivity contribution in [2.24, 2.45) is 5.10 Å². The minimum absolute atomic E-state index is 0.313. The van der Waals surface area contributed by atoms with E-state index in [-0.39, 0.29) is 11.7 Å². The summed E-state index contributed by atoms with van der Waals surface area (Å²) >= 11 is 2.51. The minimum atomic E-state index is -0.385. The summed E-state index contributed by atoms with van der Waals surface area (Å²) in [5.41, 5.74) is 3.34. The molecule has 8 heteroatoms. The molecule has 5 aromatic rings. The van der Waals surface area contributed by atoms with Crippen molar-refractivity contribution in [2.45, 2.75) is 6.92 Å². The molecule has 3 aromatic carbocycles. The Bertz CT molecular complexity index is 1410. The second kappa shape index (κ2) is 7.98. The molecule has 0 fully saturated rings. The molecule has 0 spiro atoms. The van der Waals surface area contributed by atoms with Crippen molar-refractivity contribution in [3.05, 3.63) is 88.7 Å². The summed E-state index contributed by atoms with van der Waals surface area (Å²) in [5.74, 6) is -0.737. The molecule has 0 radical (unpaired) electrons. The maximum absolute atomic E-state index is 13.7. The summed E-state index contributed by atoms with van der Waals surface area (Å²) in [6.07, 6.45) is 1.61. The van der Waals surface area contributed by atoms with Crippen LogP contribution in [0.4, 0.5) is 9.52 Å². The number of thiazole rings is 2. The van der Waals surface area contributed by atoms with Gasteiger partial charge in [-0.15, -0.1) is 11.3 Å². The van der Waals surface area contributed by atoms with Crippen LogP contribution in [0.25, 0.3) is 20.4 Å². The molecule has 0 aliphatic heterocycles. The lowest BCUT2D eigenvalue weighted by molar-refractivity contribution is 0.0987. The molecule has 0 unspecified atom stereocenters. The molecule has 1 amide bonds. The highest BCUT2D eigenvalue weighted by Crippen LogP contribution is 2.32. The van der Waals surface area contributed by atoms with Crippen LogP contribution in [0.2, 0.25) is 0 Å². The average Bonchev–Trinajstić information content (AvgIpc) is 3.38. The first-order valence-corrected chi connectivity index (χ1v) is 11.1. The van der Waals surface area contributed by atoms with Crippen LogP contribution in [0.15, 0.2) is 71.8 Å². The van der Waals surface area contributed by atoms with E-state index in [1.165, 1.54) is 39.8 Å². The van der Waals surface area contributed by atoms with Gasteiger partial charge in [0.2, 0.25) is 5.13 Å². The fourth-order valence-electron chi connectivity index (χ4n) is 3.00. The summed E-state index contributed by atoms with van der Waals surface area (Å²) in [6, 6.07) is 19.7. The summed E-state index contributed by atoms with van der Waals surface area (Å²) in [5, 5.41) is 6.34. The number of aromatic nitrogens is 2. The number of rotatable bonds is 4. The first-order valence-electron chi connectivity index (χ1n) is 9.43. The van der Waals surface area contributed by atoms with Gasteiger partial charge < -0.3 is 0 Å². The van der Waals surface area contributed by atoms with E-state index in [0.717, 1.165) is 21.3 Å². The number of amides is 1. The zero-order valence-corrected chi connectivity index (χ0v) is 18.0. The topological polar surface area (TPSA) is 58.5 Å². The number of hydrogen-bond donors (Lipinski definition) is 0. The number of carbonyl (C=O) groups excluding carboxylic acids is 1. The van der Waals surface area contributed by atoms with Crippen LogP contribution in [0.1, 0.15) is 20.9 Å². The molecule has 0 atom stereocenters. The van der Waals surface area contributed by atoms with Crippen LogP contribution in [-0.2, 0) is 0 Å². The predicted octanol–water partition coefficient (Wildman–Crippen LogP) is 6.03. The quantitative estimate of drug-likeness (QED) is 0.250. The van der Waals surface area contributed by atoms with Gasteiger partial charge in [-0.2, -0.15) is 10.1 Å². The Labute approximate surface area is 185 Å². The molecular weight excluding hydrogens is 431 g/mol. The average molecular weight is 447 g/mol. The SMILES string of the molecule is Cc1ccc(/C=N/N(C(=O)c2nc3ccccc3s2)c2nc3ccc(F)cc3s2)cc1. The van der Waals surface area contributed by atoms with Crippen molar-refractivity contribution in [1.29, 1.82) is 0 Å². The van der Waals surface area contributed by atoms with Gasteiger partial charge in [0.15, 0.2) is 5.01 Å². The van der Waals surface area contributed by atoms with E-state index in [1.807, 2.05) is 55.5 Å². The summed E-state index contributed by atoms with van der Waals surface area (Å²) in [4.78, 5) is 22.4. The normalized spacial score (nSPS) is 11.5. The smallest absolute Gasteiger partial charge is 0.264 e. The van der Waals surface area contributed by atoms with Crippen molar-refractivity contribution >= 4 is 60.4 Å². The second-order valence-corrected chi connectivity index (χ2v) is 8.91. The first-order chi connectivity index (χ1) is 15.1. The van der Waals surface area contributed by atoms with Gasteiger partial charge in [-0.1, -0.05) is 53.3 Å². The van der Waals surface area contributed by atoms with Crippen molar-refractivity contribution in [1.82, 2.24) is 9.97 Å². The van der Waals surface area contributed by atoms with E-state index >= 15 is 0 Å². The van der Waals surface area contributed by atoms with Gasteiger partial charge in [0, 0.05) is 0 Å². The molecule has 2 heterocycles. The Morgan fingerprint density at radius 3 is 2.55 bits per heavy atom. The Morgan fingerprint density at radius 1 is 0.968 bits per heavy atom. The van der Waals surface area contributed by atoms with Gasteiger partial charge in [0.1, 0.15) is 5.82 Å². The second-order valence-electron chi connectivity index (χ2n) is 6.87. The highest BCUT2D eigenvalue weighted by atomic mass is 32.1. The maximum Gasteiger partial charge on any atom is 0.309 e. The Kier molecular flexibility index (Phi) is 5.01. The number of hydrogen-bond acceptors (Lipinski definition) is 6. The third-order valence-electron chi connectivity index (χ3n) is 4.59. The molecule has 5 rings (SSSR count). The molecule has 31 heavy (non-hydrogen) atoms. The van der Waals surface area contributed by atoms with Crippen LogP contribution in [0.3, 0.4) is 0 Å². The molecule has 0 saturated heterocycles. The lowest BCUT2D eigenvalue weighted by Gasteiger charge is -2.11. The van der Waals surface area contributed by atoms with Crippen LogP contribution >= 0.6 is 22.7 Å². The minimum Gasteiger partial charge on any atom is -0.264 e. The van der Waals surface area contributed by atoms with E-state index in [2.05, 4.69) is 15.1 Å². The number of carbonyl (C=O) groups is 1. The van der Waals surface area contributed by atoms with Crippen molar-refractivity contribution < 1.29 is 9.18 Å². The molecule has 0 bridgehead atoms. The number of halogens is 1. The van der Waals surface area contributed by atoms with Crippen LogP contribution in [0, 0.1) is 12.7 Å². The third kappa shape index (κ3) is 3.95. The van der Waals surface area contributed by atoms with E-state index < -0.39 is 0 Å². The third-order valence-corrected chi connectivity index (χ3v) is 6.61. The number of anilines is 1. The van der Waals surface area contributed by atoms with Crippen molar-refractivity contribution in [2.75, 3.05) is 5.01 Å². The van der Waals surface area contributed by atoms with E-state index in [1.54, 1.807) is 12.3 Å².